The third-order valence-corrected chi connectivity index (χ3v) is 7.47. The lowest BCUT2D eigenvalue weighted by molar-refractivity contribution is -0.150. The summed E-state index contributed by atoms with van der Waals surface area (Å²) in [4.78, 5) is 38.1. The van der Waals surface area contributed by atoms with Crippen molar-refractivity contribution in [1.82, 2.24) is 19.8 Å². The molecule has 2 amide bonds. The van der Waals surface area contributed by atoms with Gasteiger partial charge < -0.3 is 14.8 Å². The molecule has 0 unspecified atom stereocenters. The molecule has 4 aliphatic rings. The SMILES string of the molecule is O=C(C[C@H]1C=CCC1)N1CCC2(CC1)c1nc[nH]c1CCN2C(=O)C1CCC1. The quantitative estimate of drug-likeness (QED) is 0.818. The summed E-state index contributed by atoms with van der Waals surface area (Å²) in [6.07, 6.45) is 14.7. The van der Waals surface area contributed by atoms with Gasteiger partial charge >= 0.3 is 0 Å². The van der Waals surface area contributed by atoms with Gasteiger partial charge in [-0.2, -0.15) is 0 Å². The fraction of sp³-hybridized carbons (Fsp3) is 0.682. The zero-order valence-electron chi connectivity index (χ0n) is 16.5. The second-order valence-electron chi connectivity index (χ2n) is 8.98. The Bertz CT molecular complexity index is 786. The third-order valence-electron chi connectivity index (χ3n) is 7.47. The Morgan fingerprint density at radius 1 is 1.18 bits per heavy atom. The molecule has 1 spiro atoms. The van der Waals surface area contributed by atoms with Crippen molar-refractivity contribution in [1.29, 1.82) is 0 Å². The van der Waals surface area contributed by atoms with Gasteiger partial charge in [0.15, 0.2) is 0 Å². The van der Waals surface area contributed by atoms with Gasteiger partial charge in [0.05, 0.1) is 17.6 Å². The molecule has 150 valence electrons. The summed E-state index contributed by atoms with van der Waals surface area (Å²) in [7, 11) is 0. The van der Waals surface area contributed by atoms with Gasteiger partial charge in [-0.05, 0) is 44.4 Å². The first-order valence-corrected chi connectivity index (χ1v) is 11.0. The molecule has 1 saturated heterocycles. The zero-order chi connectivity index (χ0) is 19.1. The number of aromatic amines is 1. The molecule has 2 aliphatic heterocycles. The number of rotatable bonds is 3. The summed E-state index contributed by atoms with van der Waals surface area (Å²) < 4.78 is 0. The first kappa shape index (κ1) is 18.0. The molecule has 0 radical (unpaired) electrons. The van der Waals surface area contributed by atoms with Crippen LogP contribution in [0.3, 0.4) is 0 Å². The Labute approximate surface area is 166 Å². The molecule has 1 saturated carbocycles. The van der Waals surface area contributed by atoms with E-state index in [-0.39, 0.29) is 17.4 Å². The van der Waals surface area contributed by atoms with Gasteiger partial charge in [-0.1, -0.05) is 18.6 Å². The normalized spacial score (nSPS) is 26.4. The average Bonchev–Trinajstić information content (AvgIpc) is 3.33. The first-order valence-electron chi connectivity index (χ1n) is 11.0. The Morgan fingerprint density at radius 2 is 2.00 bits per heavy atom. The van der Waals surface area contributed by atoms with E-state index in [9.17, 15) is 9.59 Å². The molecule has 1 atom stereocenters. The number of H-pyrrole nitrogens is 1. The number of carbonyl (C=O) groups excluding carboxylic acids is 2. The van der Waals surface area contributed by atoms with Crippen LogP contribution in [0.4, 0.5) is 0 Å². The van der Waals surface area contributed by atoms with Crippen LogP contribution in [-0.2, 0) is 21.5 Å². The molecule has 1 aromatic heterocycles. The van der Waals surface area contributed by atoms with Crippen LogP contribution >= 0.6 is 0 Å². The van der Waals surface area contributed by atoms with Crippen molar-refractivity contribution in [3.05, 3.63) is 29.9 Å². The van der Waals surface area contributed by atoms with Gasteiger partial charge in [0.25, 0.3) is 0 Å². The lowest BCUT2D eigenvalue weighted by Gasteiger charge is -2.52. The van der Waals surface area contributed by atoms with Crippen molar-refractivity contribution in [2.24, 2.45) is 11.8 Å². The number of imidazole rings is 1. The second kappa shape index (κ2) is 7.05. The number of amides is 2. The van der Waals surface area contributed by atoms with Crippen LogP contribution in [-0.4, -0.2) is 51.2 Å². The van der Waals surface area contributed by atoms with Gasteiger partial charge in [-0.25, -0.2) is 4.98 Å². The predicted octanol–water partition coefficient (Wildman–Crippen LogP) is 2.77. The highest BCUT2D eigenvalue weighted by atomic mass is 16.2. The van der Waals surface area contributed by atoms with Crippen molar-refractivity contribution in [2.75, 3.05) is 19.6 Å². The van der Waals surface area contributed by atoms with Crippen LogP contribution in [0.15, 0.2) is 18.5 Å². The van der Waals surface area contributed by atoms with E-state index in [1.165, 1.54) is 12.1 Å². The molecular formula is C22H30N4O2. The Morgan fingerprint density at radius 3 is 2.68 bits per heavy atom. The van der Waals surface area contributed by atoms with E-state index < -0.39 is 0 Å². The van der Waals surface area contributed by atoms with Crippen molar-refractivity contribution in [2.45, 2.75) is 63.3 Å². The first-order chi connectivity index (χ1) is 13.7. The highest BCUT2D eigenvalue weighted by molar-refractivity contribution is 5.81. The zero-order valence-corrected chi connectivity index (χ0v) is 16.5. The van der Waals surface area contributed by atoms with Crippen LogP contribution in [0.25, 0.3) is 0 Å². The highest BCUT2D eigenvalue weighted by Crippen LogP contribution is 2.44. The summed E-state index contributed by atoms with van der Waals surface area (Å²) in [6.45, 7) is 2.21. The molecule has 0 bridgehead atoms. The number of hydrogen-bond donors (Lipinski definition) is 1. The standard InChI is InChI=1S/C22H30N4O2/c27-19(14-16-4-1-2-5-16)25-12-9-22(10-13-25)20-18(23-15-24-20)8-11-26(22)21(28)17-6-3-7-17/h1,4,15-17H,2-3,5-14H2,(H,23,24)/t16-/m0/s1. The van der Waals surface area contributed by atoms with Gasteiger partial charge in [-0.15, -0.1) is 0 Å². The van der Waals surface area contributed by atoms with E-state index in [4.69, 9.17) is 0 Å². The summed E-state index contributed by atoms with van der Waals surface area (Å²) in [5, 5.41) is 0. The van der Waals surface area contributed by atoms with Crippen molar-refractivity contribution < 1.29 is 9.59 Å². The van der Waals surface area contributed by atoms with Gasteiger partial charge in [0.1, 0.15) is 0 Å². The fourth-order valence-corrected chi connectivity index (χ4v) is 5.53. The van der Waals surface area contributed by atoms with Crippen molar-refractivity contribution in [3.63, 3.8) is 0 Å². The Kier molecular flexibility index (Phi) is 4.52. The molecule has 1 aromatic rings. The largest absolute Gasteiger partial charge is 0.348 e. The monoisotopic (exact) mass is 382 g/mol. The number of likely N-dealkylation sites (tertiary alicyclic amines) is 1. The summed E-state index contributed by atoms with van der Waals surface area (Å²) >= 11 is 0. The molecule has 5 rings (SSSR count). The minimum Gasteiger partial charge on any atom is -0.348 e. The maximum absolute atomic E-state index is 13.2. The number of carbonyl (C=O) groups is 2. The van der Waals surface area contributed by atoms with Gasteiger partial charge in [0, 0.05) is 44.1 Å². The molecule has 1 N–H and O–H groups in total. The summed E-state index contributed by atoms with van der Waals surface area (Å²) in [6, 6.07) is 0. The lowest BCUT2D eigenvalue weighted by atomic mass is 9.76. The van der Waals surface area contributed by atoms with E-state index in [2.05, 4.69) is 27.0 Å². The Hall–Kier alpha value is -2.11. The van der Waals surface area contributed by atoms with E-state index in [0.29, 0.717) is 18.2 Å². The molecular weight excluding hydrogens is 352 g/mol. The molecule has 0 aromatic carbocycles. The van der Waals surface area contributed by atoms with Crippen LogP contribution in [0.1, 0.15) is 62.8 Å². The average molecular weight is 383 g/mol. The van der Waals surface area contributed by atoms with Crippen LogP contribution in [0.2, 0.25) is 0 Å². The Balaban J connectivity index is 1.34. The topological polar surface area (TPSA) is 69.3 Å². The number of nitrogens with zero attached hydrogens (tertiary/aromatic N) is 3. The minimum absolute atomic E-state index is 0.200. The highest BCUT2D eigenvalue weighted by Gasteiger charge is 2.50. The maximum Gasteiger partial charge on any atom is 0.226 e. The number of hydrogen-bond acceptors (Lipinski definition) is 3. The van der Waals surface area contributed by atoms with E-state index in [1.807, 2.05) is 4.90 Å². The number of nitrogens with one attached hydrogen (secondary N) is 1. The number of allylic oxidation sites excluding steroid dienone is 2. The van der Waals surface area contributed by atoms with Crippen LogP contribution in [0.5, 0.6) is 0 Å². The number of aromatic nitrogens is 2. The van der Waals surface area contributed by atoms with Crippen LogP contribution in [0, 0.1) is 11.8 Å². The minimum atomic E-state index is -0.329. The molecule has 2 fully saturated rings. The lowest BCUT2D eigenvalue weighted by Crippen LogP contribution is -2.60. The number of fused-ring (bicyclic) bond motifs is 2. The number of piperidine rings is 1. The third kappa shape index (κ3) is 2.88. The molecule has 6 heteroatoms. The van der Waals surface area contributed by atoms with E-state index in [1.54, 1.807) is 6.33 Å². The van der Waals surface area contributed by atoms with Gasteiger partial charge in [0.2, 0.25) is 11.8 Å². The summed E-state index contributed by atoms with van der Waals surface area (Å²) in [5.41, 5.74) is 1.90. The second-order valence-corrected chi connectivity index (χ2v) is 8.98. The fourth-order valence-electron chi connectivity index (χ4n) is 5.53. The molecule has 2 aliphatic carbocycles. The smallest absolute Gasteiger partial charge is 0.226 e. The van der Waals surface area contributed by atoms with E-state index >= 15 is 0 Å². The maximum atomic E-state index is 13.2. The van der Waals surface area contributed by atoms with Crippen molar-refractivity contribution >= 4 is 11.8 Å². The molecule has 6 nitrogen and oxygen atoms in total. The van der Waals surface area contributed by atoms with Gasteiger partial charge in [-0.3, -0.25) is 9.59 Å². The molecule has 28 heavy (non-hydrogen) atoms. The van der Waals surface area contributed by atoms with Crippen LogP contribution < -0.4 is 0 Å². The van der Waals surface area contributed by atoms with E-state index in [0.717, 1.165) is 70.3 Å². The summed E-state index contributed by atoms with van der Waals surface area (Å²) in [5.74, 6) is 1.19. The van der Waals surface area contributed by atoms with Crippen molar-refractivity contribution in [3.8, 4) is 0 Å². The predicted molar refractivity (Wildman–Crippen MR) is 105 cm³/mol. The molecule has 3 heterocycles.